The molecule has 0 amide bonds. The molecule has 4 rings (SSSR count). The number of rotatable bonds is 5. The molecule has 2 heterocycles. The van der Waals surface area contributed by atoms with Gasteiger partial charge in [-0.2, -0.15) is 9.78 Å². The number of nitrogens with zero attached hydrogens (tertiary/aromatic N) is 3. The van der Waals surface area contributed by atoms with Crippen molar-refractivity contribution in [1.82, 2.24) is 9.78 Å². The Kier molecular flexibility index (Phi) is 5.29. The van der Waals surface area contributed by atoms with E-state index in [2.05, 4.69) is 11.0 Å². The largest absolute Gasteiger partial charge is 0.465 e. The number of furan rings is 1. The van der Waals surface area contributed by atoms with Gasteiger partial charge in [-0.25, -0.2) is 4.79 Å². The van der Waals surface area contributed by atoms with E-state index in [1.165, 1.54) is 11.8 Å². The van der Waals surface area contributed by atoms with Crippen LogP contribution in [0.1, 0.15) is 10.4 Å². The summed E-state index contributed by atoms with van der Waals surface area (Å²) in [5, 5.41) is 4.67. The van der Waals surface area contributed by atoms with Crippen LogP contribution in [0.15, 0.2) is 69.9 Å². The minimum Gasteiger partial charge on any atom is -0.465 e. The van der Waals surface area contributed by atoms with Gasteiger partial charge in [0.1, 0.15) is 16.6 Å². The van der Waals surface area contributed by atoms with E-state index in [4.69, 9.17) is 15.6 Å². The van der Waals surface area contributed by atoms with Gasteiger partial charge in [0.05, 0.1) is 19.3 Å². The van der Waals surface area contributed by atoms with Crippen LogP contribution >= 0.6 is 0 Å². The number of hydrogen-bond donors (Lipinski definition) is 0. The van der Waals surface area contributed by atoms with E-state index in [1.54, 1.807) is 36.2 Å². The van der Waals surface area contributed by atoms with Gasteiger partial charge in [-0.1, -0.05) is 54.5 Å². The van der Waals surface area contributed by atoms with Crippen LogP contribution in [0.25, 0.3) is 27.9 Å². The quantitative estimate of drug-likeness (QED) is 0.368. The van der Waals surface area contributed by atoms with Crippen LogP contribution in [-0.4, -0.2) is 36.5 Å². The maximum absolute atomic E-state index is 13.5. The molecule has 0 bridgehead atoms. The highest BCUT2D eigenvalue weighted by Gasteiger charge is 2.30. The lowest BCUT2D eigenvalue weighted by Gasteiger charge is -2.13. The molecule has 0 fully saturated rings. The summed E-state index contributed by atoms with van der Waals surface area (Å²) in [6.07, 6.45) is 5.44. The van der Waals surface area contributed by atoms with E-state index in [9.17, 15) is 9.59 Å². The van der Waals surface area contributed by atoms with Crippen LogP contribution in [0.4, 0.5) is 5.88 Å². The van der Waals surface area contributed by atoms with Gasteiger partial charge in [0, 0.05) is 12.6 Å². The molecule has 2 aromatic heterocycles. The zero-order valence-electron chi connectivity index (χ0n) is 17.0. The van der Waals surface area contributed by atoms with Crippen LogP contribution in [-0.2, 0) is 4.74 Å². The monoisotopic (exact) mass is 413 g/mol. The van der Waals surface area contributed by atoms with Gasteiger partial charge >= 0.3 is 5.97 Å². The highest BCUT2D eigenvalue weighted by Crippen LogP contribution is 2.35. The highest BCUT2D eigenvalue weighted by atomic mass is 16.5. The van der Waals surface area contributed by atoms with Crippen molar-refractivity contribution in [2.45, 2.75) is 0 Å². The Balaban J connectivity index is 2.16. The first-order chi connectivity index (χ1) is 15.1. The third-order valence-corrected chi connectivity index (χ3v) is 4.82. The molecule has 0 aliphatic carbocycles. The molecule has 0 aliphatic rings. The lowest BCUT2D eigenvalue weighted by atomic mass is 10.1. The second-order valence-corrected chi connectivity index (χ2v) is 6.81. The van der Waals surface area contributed by atoms with Crippen molar-refractivity contribution in [3.63, 3.8) is 0 Å². The first kappa shape index (κ1) is 20.0. The molecule has 0 saturated heterocycles. The third-order valence-electron chi connectivity index (χ3n) is 4.82. The fourth-order valence-electron chi connectivity index (χ4n) is 3.38. The Hall–Kier alpha value is -4.31. The Morgan fingerprint density at radius 1 is 1.16 bits per heavy atom. The zero-order chi connectivity index (χ0) is 22.0. The minimum absolute atomic E-state index is 0.0181. The van der Waals surface area contributed by atoms with Crippen molar-refractivity contribution in [2.24, 2.45) is 0 Å². The first-order valence-corrected chi connectivity index (χ1v) is 9.50. The maximum atomic E-state index is 13.5. The number of esters is 1. The number of aromatic nitrogens is 2. The summed E-state index contributed by atoms with van der Waals surface area (Å²) >= 11 is 0. The highest BCUT2D eigenvalue weighted by molar-refractivity contribution is 6.10. The van der Waals surface area contributed by atoms with E-state index >= 15 is 0 Å². The molecule has 154 valence electrons. The predicted molar refractivity (Wildman–Crippen MR) is 118 cm³/mol. The summed E-state index contributed by atoms with van der Waals surface area (Å²) in [5.41, 5.74) is 1.43. The van der Waals surface area contributed by atoms with E-state index in [1.807, 2.05) is 36.4 Å². The van der Waals surface area contributed by atoms with Gasteiger partial charge in [-0.3, -0.25) is 4.79 Å². The number of carbonyl (C=O) groups is 1. The van der Waals surface area contributed by atoms with Gasteiger partial charge in [0.2, 0.25) is 5.88 Å². The Bertz CT molecular complexity index is 1350. The fourth-order valence-corrected chi connectivity index (χ4v) is 3.38. The lowest BCUT2D eigenvalue weighted by molar-refractivity contribution is 0.0602. The second-order valence-electron chi connectivity index (χ2n) is 6.81. The smallest absolute Gasteiger partial charge is 0.344 e. The molecule has 31 heavy (non-hydrogen) atoms. The number of terminal acetylenes is 1. The molecule has 0 N–H and O–H groups in total. The SMILES string of the molecule is C#CCN(C)c1oc2c(-c3ccccc3)nn(-c3ccccc3)c(=O)c2c1C(=O)OC. The number of carbonyl (C=O) groups excluding carboxylic acids is 1. The van der Waals surface area contributed by atoms with Crippen LogP contribution in [0.5, 0.6) is 0 Å². The maximum Gasteiger partial charge on any atom is 0.344 e. The van der Waals surface area contributed by atoms with E-state index in [-0.39, 0.29) is 29.0 Å². The summed E-state index contributed by atoms with van der Waals surface area (Å²) in [6.45, 7) is 0.171. The number of hydrogen-bond acceptors (Lipinski definition) is 6. The van der Waals surface area contributed by atoms with Gasteiger partial charge in [-0.05, 0) is 12.1 Å². The Morgan fingerprint density at radius 2 is 1.81 bits per heavy atom. The molecular weight excluding hydrogens is 394 g/mol. The lowest BCUT2D eigenvalue weighted by Crippen LogP contribution is -2.24. The normalized spacial score (nSPS) is 10.6. The van der Waals surface area contributed by atoms with Crippen LogP contribution < -0.4 is 10.5 Å². The van der Waals surface area contributed by atoms with Crippen molar-refractivity contribution in [3.05, 3.63) is 76.6 Å². The van der Waals surface area contributed by atoms with Gasteiger partial charge in [0.15, 0.2) is 5.58 Å². The minimum atomic E-state index is -0.695. The number of methoxy groups -OCH3 is 1. The number of ether oxygens (including phenoxy) is 1. The molecular formula is C24H19N3O4. The van der Waals surface area contributed by atoms with Gasteiger partial charge in [0.25, 0.3) is 5.56 Å². The average Bonchev–Trinajstić information content (AvgIpc) is 3.21. The summed E-state index contributed by atoms with van der Waals surface area (Å²) in [6, 6.07) is 18.3. The van der Waals surface area contributed by atoms with Crippen molar-refractivity contribution < 1.29 is 13.9 Å². The van der Waals surface area contributed by atoms with Gasteiger partial charge < -0.3 is 14.1 Å². The first-order valence-electron chi connectivity index (χ1n) is 9.50. The van der Waals surface area contributed by atoms with Gasteiger partial charge in [-0.15, -0.1) is 6.42 Å². The topological polar surface area (TPSA) is 77.6 Å². The molecule has 0 aliphatic heterocycles. The molecule has 7 nitrogen and oxygen atoms in total. The van der Waals surface area contributed by atoms with E-state index in [0.29, 0.717) is 11.4 Å². The van der Waals surface area contributed by atoms with Crippen molar-refractivity contribution >= 4 is 22.8 Å². The summed E-state index contributed by atoms with van der Waals surface area (Å²) in [5.74, 6) is 1.97. The summed E-state index contributed by atoms with van der Waals surface area (Å²) in [7, 11) is 2.93. The van der Waals surface area contributed by atoms with E-state index < -0.39 is 11.5 Å². The molecule has 0 atom stereocenters. The third kappa shape index (κ3) is 3.45. The fraction of sp³-hybridized carbons (Fsp3) is 0.125. The Morgan fingerprint density at radius 3 is 2.42 bits per heavy atom. The van der Waals surface area contributed by atoms with Crippen molar-refractivity contribution in [3.8, 4) is 29.3 Å². The second kappa shape index (κ2) is 8.20. The summed E-state index contributed by atoms with van der Waals surface area (Å²) < 4.78 is 12.3. The zero-order valence-corrected chi connectivity index (χ0v) is 17.0. The molecule has 0 unspecified atom stereocenters. The number of para-hydroxylation sites is 1. The summed E-state index contributed by atoms with van der Waals surface area (Å²) in [4.78, 5) is 27.8. The van der Waals surface area contributed by atoms with E-state index in [0.717, 1.165) is 5.56 Å². The Labute approximate surface area is 178 Å². The molecule has 2 aromatic carbocycles. The molecule has 0 radical (unpaired) electrons. The number of fused-ring (bicyclic) bond motifs is 1. The molecule has 0 spiro atoms. The number of benzene rings is 2. The van der Waals surface area contributed by atoms with Crippen molar-refractivity contribution in [2.75, 3.05) is 25.6 Å². The predicted octanol–water partition coefficient (Wildman–Crippen LogP) is 3.50. The molecule has 0 saturated carbocycles. The number of anilines is 1. The average molecular weight is 413 g/mol. The van der Waals surface area contributed by atoms with Crippen LogP contribution in [0.2, 0.25) is 0 Å². The molecule has 7 heteroatoms. The van der Waals surface area contributed by atoms with Crippen LogP contribution in [0.3, 0.4) is 0 Å². The standard InChI is InChI=1S/C24H19N3O4/c1-4-15-26(2)23-19(24(29)30-3)18-21(31-23)20(16-11-7-5-8-12-16)25-27(22(18)28)17-13-9-6-10-14-17/h1,5-14H,15H2,2-3H3. The van der Waals surface area contributed by atoms with Crippen molar-refractivity contribution in [1.29, 1.82) is 0 Å². The van der Waals surface area contributed by atoms with Crippen LogP contribution in [0, 0.1) is 12.3 Å². The molecule has 4 aromatic rings.